The smallest absolute Gasteiger partial charge is 0.119 e. The molecule has 0 amide bonds. The first kappa shape index (κ1) is 10.3. The molecule has 1 N–H and O–H groups in total. The lowest BCUT2D eigenvalue weighted by Crippen LogP contribution is -1.99. The first-order valence-corrected chi connectivity index (χ1v) is 4.28. The number of benzene rings is 1. The molecule has 0 aliphatic rings. The Morgan fingerprint density at radius 3 is 3.00 bits per heavy atom. The predicted octanol–water partition coefficient (Wildman–Crippen LogP) is 2.45. The fourth-order valence-corrected chi connectivity index (χ4v) is 1.16. The molecule has 0 radical (unpaired) electrons. The molecule has 0 aromatic heterocycles. The van der Waals surface area contributed by atoms with E-state index in [1.54, 1.807) is 13.2 Å². The second-order valence-electron chi connectivity index (χ2n) is 2.77. The van der Waals surface area contributed by atoms with Gasteiger partial charge < -0.3 is 9.94 Å². The van der Waals surface area contributed by atoms with E-state index in [0.29, 0.717) is 12.1 Å². The van der Waals surface area contributed by atoms with E-state index < -0.39 is 0 Å². The Bertz CT molecular complexity index is 345. The summed E-state index contributed by atoms with van der Waals surface area (Å²) in [6.07, 6.45) is 2.22. The van der Waals surface area contributed by atoms with E-state index in [1.807, 2.05) is 24.3 Å². The van der Waals surface area contributed by atoms with Gasteiger partial charge in [0.15, 0.2) is 0 Å². The average Bonchev–Trinajstić information content (AvgIpc) is 2.26. The van der Waals surface area contributed by atoms with Crippen LogP contribution in [0.3, 0.4) is 0 Å². The van der Waals surface area contributed by atoms with E-state index in [9.17, 15) is 0 Å². The summed E-state index contributed by atoms with van der Waals surface area (Å²) in [6, 6.07) is 7.37. The molecule has 0 heterocycles. The molecule has 1 aromatic rings. The summed E-state index contributed by atoms with van der Waals surface area (Å²) in [5.74, 6) is 0.743. The lowest BCUT2D eigenvalue weighted by molar-refractivity contribution is 0.318. The quantitative estimate of drug-likeness (QED) is 0.344. The predicted molar refractivity (Wildman–Crippen MR) is 56.1 cm³/mol. The minimum absolute atomic E-state index is 0.531. The highest BCUT2D eigenvalue weighted by molar-refractivity contribution is 6.01. The van der Waals surface area contributed by atoms with Gasteiger partial charge in [0.1, 0.15) is 5.75 Å². The highest BCUT2D eigenvalue weighted by Gasteiger charge is 2.03. The number of oxime groups is 1. The number of hydrogen-bond acceptors (Lipinski definition) is 3. The van der Waals surface area contributed by atoms with Gasteiger partial charge in [-0.3, -0.25) is 0 Å². The maximum absolute atomic E-state index is 8.77. The maximum atomic E-state index is 8.77. The van der Waals surface area contributed by atoms with Crippen LogP contribution in [0.1, 0.15) is 12.0 Å². The topological polar surface area (TPSA) is 41.8 Å². The summed E-state index contributed by atoms with van der Waals surface area (Å²) >= 11 is 0. The molecule has 0 spiro atoms. The third kappa shape index (κ3) is 2.36. The van der Waals surface area contributed by atoms with Gasteiger partial charge in [0.25, 0.3) is 0 Å². The van der Waals surface area contributed by atoms with Crippen molar-refractivity contribution in [3.8, 4) is 5.75 Å². The maximum Gasteiger partial charge on any atom is 0.119 e. The number of hydrogen-bond donors (Lipinski definition) is 1. The van der Waals surface area contributed by atoms with Crippen molar-refractivity contribution in [3.63, 3.8) is 0 Å². The Kier molecular flexibility index (Phi) is 3.73. The van der Waals surface area contributed by atoms with Gasteiger partial charge in [0.2, 0.25) is 0 Å². The summed E-state index contributed by atoms with van der Waals surface area (Å²) in [7, 11) is 1.60. The van der Waals surface area contributed by atoms with Crippen LogP contribution in [0.2, 0.25) is 0 Å². The molecule has 0 saturated carbocycles. The van der Waals surface area contributed by atoms with Gasteiger partial charge in [-0.2, -0.15) is 0 Å². The lowest BCUT2D eigenvalue weighted by Gasteiger charge is -2.04. The largest absolute Gasteiger partial charge is 0.497 e. The molecule has 0 fully saturated rings. The van der Waals surface area contributed by atoms with E-state index in [-0.39, 0.29) is 0 Å². The fraction of sp³-hybridized carbons (Fsp3) is 0.182. The lowest BCUT2D eigenvalue weighted by atomic mass is 10.1. The van der Waals surface area contributed by atoms with Crippen LogP contribution in [-0.2, 0) is 0 Å². The molecule has 0 unspecified atom stereocenters. The van der Waals surface area contributed by atoms with Gasteiger partial charge in [0, 0.05) is 12.0 Å². The second-order valence-corrected chi connectivity index (χ2v) is 2.77. The monoisotopic (exact) mass is 191 g/mol. The zero-order valence-electron chi connectivity index (χ0n) is 8.10. The highest BCUT2D eigenvalue weighted by Crippen LogP contribution is 2.14. The van der Waals surface area contributed by atoms with Crippen LogP contribution < -0.4 is 4.74 Å². The van der Waals surface area contributed by atoms with Gasteiger partial charge in [-0.05, 0) is 12.1 Å². The Morgan fingerprint density at radius 2 is 2.43 bits per heavy atom. The summed E-state index contributed by atoms with van der Waals surface area (Å²) in [4.78, 5) is 0. The van der Waals surface area contributed by atoms with Gasteiger partial charge in [-0.15, -0.1) is 6.58 Å². The Hall–Kier alpha value is -1.77. The minimum atomic E-state index is 0.531. The molecule has 3 nitrogen and oxygen atoms in total. The van der Waals surface area contributed by atoms with Crippen LogP contribution in [0.15, 0.2) is 42.1 Å². The van der Waals surface area contributed by atoms with Crippen molar-refractivity contribution in [2.45, 2.75) is 6.42 Å². The van der Waals surface area contributed by atoms with Crippen molar-refractivity contribution in [1.82, 2.24) is 0 Å². The molecule has 74 valence electrons. The molecule has 0 aliphatic carbocycles. The Morgan fingerprint density at radius 1 is 1.64 bits per heavy atom. The van der Waals surface area contributed by atoms with Crippen molar-refractivity contribution >= 4 is 5.71 Å². The first-order chi connectivity index (χ1) is 6.81. The summed E-state index contributed by atoms with van der Waals surface area (Å²) in [5.41, 5.74) is 1.42. The van der Waals surface area contributed by atoms with Crippen LogP contribution in [0, 0.1) is 0 Å². The van der Waals surface area contributed by atoms with Gasteiger partial charge in [-0.1, -0.05) is 23.4 Å². The highest BCUT2D eigenvalue weighted by atomic mass is 16.5. The summed E-state index contributed by atoms with van der Waals surface area (Å²) in [5, 5.41) is 12.0. The first-order valence-electron chi connectivity index (χ1n) is 4.28. The third-order valence-corrected chi connectivity index (χ3v) is 1.86. The number of ether oxygens (including phenoxy) is 1. The van der Waals surface area contributed by atoms with Crippen molar-refractivity contribution in [2.75, 3.05) is 7.11 Å². The Labute approximate surface area is 83.3 Å². The Balaban J connectivity index is 2.98. The van der Waals surface area contributed by atoms with Crippen molar-refractivity contribution in [1.29, 1.82) is 0 Å². The third-order valence-electron chi connectivity index (χ3n) is 1.86. The average molecular weight is 191 g/mol. The van der Waals surface area contributed by atoms with E-state index in [2.05, 4.69) is 11.7 Å². The van der Waals surface area contributed by atoms with Crippen LogP contribution in [0.25, 0.3) is 0 Å². The number of methoxy groups -OCH3 is 1. The van der Waals surface area contributed by atoms with Crippen molar-refractivity contribution < 1.29 is 9.94 Å². The molecular weight excluding hydrogens is 178 g/mol. The van der Waals surface area contributed by atoms with Crippen LogP contribution in [0.5, 0.6) is 5.75 Å². The van der Waals surface area contributed by atoms with Gasteiger partial charge in [0.05, 0.1) is 12.8 Å². The van der Waals surface area contributed by atoms with Crippen molar-refractivity contribution in [2.24, 2.45) is 5.16 Å². The fourth-order valence-electron chi connectivity index (χ4n) is 1.16. The number of allylic oxidation sites excluding steroid dienone is 1. The van der Waals surface area contributed by atoms with Crippen LogP contribution >= 0.6 is 0 Å². The van der Waals surface area contributed by atoms with Gasteiger partial charge >= 0.3 is 0 Å². The van der Waals surface area contributed by atoms with Crippen LogP contribution in [0.4, 0.5) is 0 Å². The molecular formula is C11H13NO2. The van der Waals surface area contributed by atoms with Crippen LogP contribution in [-0.4, -0.2) is 18.0 Å². The molecule has 1 rings (SSSR count). The summed E-state index contributed by atoms with van der Waals surface area (Å²) in [6.45, 7) is 3.59. The number of nitrogens with zero attached hydrogens (tertiary/aromatic N) is 1. The van der Waals surface area contributed by atoms with E-state index in [1.165, 1.54) is 0 Å². The van der Waals surface area contributed by atoms with E-state index in [4.69, 9.17) is 9.94 Å². The molecule has 0 bridgehead atoms. The van der Waals surface area contributed by atoms with Gasteiger partial charge in [-0.25, -0.2) is 0 Å². The molecule has 0 aliphatic heterocycles. The zero-order chi connectivity index (χ0) is 10.4. The molecule has 3 heteroatoms. The summed E-state index contributed by atoms with van der Waals surface area (Å²) < 4.78 is 5.07. The minimum Gasteiger partial charge on any atom is -0.497 e. The standard InChI is InChI=1S/C11H13NO2/c1-3-5-11(12-13)9-6-4-7-10(8-9)14-2/h3-4,6-8,13H,1,5H2,2H3/b12-11+. The SMILES string of the molecule is C=CC/C(=N\O)c1cccc(OC)c1. The molecule has 0 saturated heterocycles. The second kappa shape index (κ2) is 5.07. The normalized spacial score (nSPS) is 11.1. The van der Waals surface area contributed by atoms with E-state index in [0.717, 1.165) is 11.3 Å². The zero-order valence-corrected chi connectivity index (χ0v) is 8.10. The van der Waals surface area contributed by atoms with Crippen molar-refractivity contribution in [3.05, 3.63) is 42.5 Å². The number of rotatable bonds is 4. The molecule has 1 aromatic carbocycles. The molecule has 0 atom stereocenters. The molecule has 14 heavy (non-hydrogen) atoms. The van der Waals surface area contributed by atoms with E-state index >= 15 is 0 Å².